The summed E-state index contributed by atoms with van der Waals surface area (Å²) in [6.45, 7) is 1.62. The number of halogens is 5. The average molecular weight is 473 g/mol. The van der Waals surface area contributed by atoms with E-state index in [4.69, 9.17) is 23.2 Å². The normalized spacial score (nSPS) is 17.2. The Morgan fingerprint density at radius 1 is 1.26 bits per heavy atom. The Morgan fingerprint density at radius 3 is 2.74 bits per heavy atom. The average Bonchev–Trinajstić information content (AvgIpc) is 3.08. The molecule has 3 heterocycles. The molecule has 31 heavy (non-hydrogen) atoms. The number of alkyl halides is 3. The fourth-order valence-corrected chi connectivity index (χ4v) is 4.48. The summed E-state index contributed by atoms with van der Waals surface area (Å²) in [5.41, 5.74) is 1.98. The topological polar surface area (TPSA) is 55.4 Å². The lowest BCUT2D eigenvalue weighted by Gasteiger charge is -2.35. The van der Waals surface area contributed by atoms with E-state index in [9.17, 15) is 18.3 Å². The van der Waals surface area contributed by atoms with Gasteiger partial charge in [0.15, 0.2) is 5.69 Å². The molecule has 0 amide bonds. The Balaban J connectivity index is 1.51. The first kappa shape index (κ1) is 22.2. The molecule has 4 rings (SSSR count). The molecule has 2 aromatic heterocycles. The van der Waals surface area contributed by atoms with Gasteiger partial charge in [-0.15, -0.1) is 0 Å². The molecule has 1 unspecified atom stereocenters. The number of pyridine rings is 1. The van der Waals surface area contributed by atoms with Gasteiger partial charge in [0, 0.05) is 48.3 Å². The lowest BCUT2D eigenvalue weighted by Crippen LogP contribution is -2.41. The maximum absolute atomic E-state index is 13.1. The maximum atomic E-state index is 13.1. The van der Waals surface area contributed by atoms with Gasteiger partial charge in [-0.25, -0.2) is 4.98 Å². The number of aromatic amines is 1. The van der Waals surface area contributed by atoms with Gasteiger partial charge in [0.25, 0.3) is 0 Å². The van der Waals surface area contributed by atoms with Crippen molar-refractivity contribution in [1.82, 2.24) is 14.9 Å². The fraction of sp³-hybridized carbons (Fsp3) is 0.381. The Labute approximate surface area is 187 Å². The molecule has 1 aromatic carbocycles. The summed E-state index contributed by atoms with van der Waals surface area (Å²) in [5.74, 6) is 0.190. The van der Waals surface area contributed by atoms with E-state index in [1.165, 1.54) is 12.1 Å². The third-order valence-corrected chi connectivity index (χ3v) is 6.25. The number of fused-ring (bicyclic) bond motifs is 3. The van der Waals surface area contributed by atoms with Crippen molar-refractivity contribution in [3.63, 3.8) is 0 Å². The van der Waals surface area contributed by atoms with Gasteiger partial charge in [0.05, 0.1) is 17.7 Å². The molecule has 1 aliphatic heterocycles. The van der Waals surface area contributed by atoms with Crippen molar-refractivity contribution in [2.24, 2.45) is 0 Å². The third-order valence-electron chi connectivity index (χ3n) is 5.71. The Bertz CT molecular complexity index is 1100. The number of rotatable bonds is 5. The molecule has 1 atom stereocenters. The van der Waals surface area contributed by atoms with Gasteiger partial charge in [-0.3, -0.25) is 4.90 Å². The maximum Gasteiger partial charge on any atom is 0.434 e. The minimum absolute atomic E-state index is 0.0747. The minimum atomic E-state index is -4.61. The number of hydrogen-bond acceptors (Lipinski definition) is 4. The number of H-pyrrole nitrogens is 1. The number of anilines is 1. The third kappa shape index (κ3) is 4.35. The fourth-order valence-electron chi connectivity index (χ4n) is 4.10. The lowest BCUT2D eigenvalue weighted by molar-refractivity contribution is -0.141. The van der Waals surface area contributed by atoms with Crippen molar-refractivity contribution in [2.75, 3.05) is 38.2 Å². The lowest BCUT2D eigenvalue weighted by atomic mass is 9.97. The molecule has 5 nitrogen and oxygen atoms in total. The Morgan fingerprint density at radius 2 is 2.03 bits per heavy atom. The van der Waals surface area contributed by atoms with Crippen molar-refractivity contribution >= 4 is 39.9 Å². The minimum Gasteiger partial charge on any atom is -0.394 e. The molecule has 2 N–H and O–H groups in total. The highest BCUT2D eigenvalue weighted by atomic mass is 35.5. The van der Waals surface area contributed by atoms with Gasteiger partial charge in [-0.2, -0.15) is 13.2 Å². The number of aliphatic hydroxyl groups excluding tert-OH is 1. The molecule has 0 spiro atoms. The first-order chi connectivity index (χ1) is 14.7. The standard InChI is InChI=1S/C21H21Cl2F3N4O/c1-29(18-5-3-15(23)20(28-18)21(24,25)26)8-9-30-7-6-13-14-10-12(22)2-4-16(14)27-19(13)17(30)11-31/h2-5,10,17,27,31H,6-9,11H2,1H3. The van der Waals surface area contributed by atoms with Crippen LogP contribution in [0.15, 0.2) is 30.3 Å². The molecular weight excluding hydrogens is 452 g/mol. The molecule has 1 aliphatic rings. The van der Waals surface area contributed by atoms with Crippen LogP contribution in [-0.4, -0.2) is 53.3 Å². The van der Waals surface area contributed by atoms with E-state index >= 15 is 0 Å². The number of nitrogens with zero attached hydrogens (tertiary/aromatic N) is 3. The number of hydrogen-bond donors (Lipinski definition) is 2. The highest BCUT2D eigenvalue weighted by Gasteiger charge is 2.36. The van der Waals surface area contributed by atoms with Crippen molar-refractivity contribution in [1.29, 1.82) is 0 Å². The summed E-state index contributed by atoms with van der Waals surface area (Å²) in [4.78, 5) is 10.9. The van der Waals surface area contributed by atoms with Crippen molar-refractivity contribution in [3.8, 4) is 0 Å². The van der Waals surface area contributed by atoms with E-state index < -0.39 is 16.9 Å². The second-order valence-electron chi connectivity index (χ2n) is 7.61. The van der Waals surface area contributed by atoms with Gasteiger partial charge >= 0.3 is 6.18 Å². The van der Waals surface area contributed by atoms with Crippen LogP contribution in [0, 0.1) is 0 Å². The van der Waals surface area contributed by atoms with Gasteiger partial charge < -0.3 is 15.0 Å². The van der Waals surface area contributed by atoms with Crippen LogP contribution in [0.5, 0.6) is 0 Å². The van der Waals surface area contributed by atoms with Gasteiger partial charge in [-0.05, 0) is 42.3 Å². The number of aromatic nitrogens is 2. The van der Waals surface area contributed by atoms with Gasteiger partial charge in [0.2, 0.25) is 0 Å². The first-order valence-electron chi connectivity index (χ1n) is 9.79. The van der Waals surface area contributed by atoms with Gasteiger partial charge in [-0.1, -0.05) is 23.2 Å². The number of likely N-dealkylation sites (N-methyl/N-ethyl adjacent to an activating group) is 1. The largest absolute Gasteiger partial charge is 0.434 e. The smallest absolute Gasteiger partial charge is 0.394 e. The molecular formula is C21H21Cl2F3N4O. The monoisotopic (exact) mass is 472 g/mol. The van der Waals surface area contributed by atoms with Crippen LogP contribution < -0.4 is 4.90 Å². The quantitative estimate of drug-likeness (QED) is 0.553. The predicted octanol–water partition coefficient (Wildman–Crippen LogP) is 4.92. The van der Waals surface area contributed by atoms with E-state index in [2.05, 4.69) is 14.9 Å². The zero-order valence-electron chi connectivity index (χ0n) is 16.7. The summed E-state index contributed by atoms with van der Waals surface area (Å²) in [6, 6.07) is 8.12. The first-order valence-corrected chi connectivity index (χ1v) is 10.5. The Hall–Kier alpha value is -2.00. The molecule has 0 aliphatic carbocycles. The van der Waals surface area contributed by atoms with Crippen LogP contribution in [0.4, 0.5) is 19.0 Å². The van der Waals surface area contributed by atoms with Crippen LogP contribution in [0.1, 0.15) is 23.0 Å². The molecule has 166 valence electrons. The summed E-state index contributed by atoms with van der Waals surface area (Å²) in [6.07, 6.45) is -3.83. The molecule has 0 bridgehead atoms. The van der Waals surface area contributed by atoms with E-state index in [-0.39, 0.29) is 18.5 Å². The molecule has 3 aromatic rings. The van der Waals surface area contributed by atoms with Crippen molar-refractivity contribution < 1.29 is 18.3 Å². The van der Waals surface area contributed by atoms with Crippen LogP contribution in [0.3, 0.4) is 0 Å². The zero-order chi connectivity index (χ0) is 22.3. The summed E-state index contributed by atoms with van der Waals surface area (Å²) in [5, 5.41) is 11.4. The van der Waals surface area contributed by atoms with Crippen LogP contribution >= 0.6 is 23.2 Å². The van der Waals surface area contributed by atoms with Gasteiger partial charge in [0.1, 0.15) is 5.82 Å². The van der Waals surface area contributed by atoms with Crippen LogP contribution in [-0.2, 0) is 12.6 Å². The second-order valence-corrected chi connectivity index (χ2v) is 8.45. The van der Waals surface area contributed by atoms with Crippen molar-refractivity contribution in [2.45, 2.75) is 18.6 Å². The molecule has 0 saturated heterocycles. The highest BCUT2D eigenvalue weighted by molar-refractivity contribution is 6.31. The molecule has 0 saturated carbocycles. The number of aliphatic hydroxyl groups is 1. The van der Waals surface area contributed by atoms with E-state index in [1.54, 1.807) is 11.9 Å². The Kier molecular flexibility index (Phi) is 6.09. The van der Waals surface area contributed by atoms with Crippen molar-refractivity contribution in [3.05, 3.63) is 57.3 Å². The summed E-state index contributed by atoms with van der Waals surface area (Å²) >= 11 is 11.8. The van der Waals surface area contributed by atoms with Crippen LogP contribution in [0.25, 0.3) is 10.9 Å². The summed E-state index contributed by atoms with van der Waals surface area (Å²) in [7, 11) is 1.69. The second kappa shape index (κ2) is 8.50. The van der Waals surface area contributed by atoms with E-state index in [0.29, 0.717) is 24.7 Å². The molecule has 0 radical (unpaired) electrons. The predicted molar refractivity (Wildman–Crippen MR) is 116 cm³/mol. The zero-order valence-corrected chi connectivity index (χ0v) is 18.2. The van der Waals surface area contributed by atoms with Crippen LogP contribution in [0.2, 0.25) is 10.0 Å². The van der Waals surface area contributed by atoms with E-state index in [0.717, 1.165) is 28.6 Å². The number of benzene rings is 1. The highest BCUT2D eigenvalue weighted by Crippen LogP contribution is 2.36. The number of nitrogens with one attached hydrogen (secondary N) is 1. The SMILES string of the molecule is CN(CCN1CCc2c([nH]c3ccc(Cl)cc23)C1CO)c1ccc(Cl)c(C(F)(F)F)n1. The summed E-state index contributed by atoms with van der Waals surface area (Å²) < 4.78 is 39.3. The molecule has 0 fully saturated rings. The molecule has 10 heteroatoms. The van der Waals surface area contributed by atoms with E-state index in [1.807, 2.05) is 18.2 Å².